The lowest BCUT2D eigenvalue weighted by atomic mass is 9.95. The minimum atomic E-state index is -3.81. The molecule has 0 radical (unpaired) electrons. The summed E-state index contributed by atoms with van der Waals surface area (Å²) in [5.41, 5.74) is 3.60. The SMILES string of the molecule is CCCc1scc(-c2ccccc2S(N)(=O)=O)c1-c1ccc(Cl)cc1. The van der Waals surface area contributed by atoms with Crippen LogP contribution in [0.15, 0.2) is 58.8 Å². The van der Waals surface area contributed by atoms with E-state index in [4.69, 9.17) is 16.7 Å². The fourth-order valence-electron chi connectivity index (χ4n) is 2.88. The molecule has 3 rings (SSSR count). The first-order valence-electron chi connectivity index (χ1n) is 7.90. The maximum Gasteiger partial charge on any atom is 0.238 e. The molecule has 0 saturated heterocycles. The van der Waals surface area contributed by atoms with Crippen LogP contribution in [0.1, 0.15) is 18.2 Å². The quantitative estimate of drug-likeness (QED) is 0.638. The van der Waals surface area contributed by atoms with Gasteiger partial charge in [-0.2, -0.15) is 0 Å². The largest absolute Gasteiger partial charge is 0.238 e. The van der Waals surface area contributed by atoms with E-state index in [9.17, 15) is 8.42 Å². The summed E-state index contributed by atoms with van der Waals surface area (Å²) in [4.78, 5) is 1.37. The van der Waals surface area contributed by atoms with Crippen LogP contribution in [0.4, 0.5) is 0 Å². The molecule has 3 aromatic rings. The smallest absolute Gasteiger partial charge is 0.225 e. The fraction of sp³-hybridized carbons (Fsp3) is 0.158. The lowest BCUT2D eigenvalue weighted by Gasteiger charge is -2.11. The Kier molecular flexibility index (Phi) is 5.29. The van der Waals surface area contributed by atoms with Crippen molar-refractivity contribution in [1.29, 1.82) is 0 Å². The Morgan fingerprint density at radius 2 is 1.72 bits per heavy atom. The van der Waals surface area contributed by atoms with Gasteiger partial charge in [0.2, 0.25) is 10.0 Å². The van der Waals surface area contributed by atoms with Gasteiger partial charge in [0.15, 0.2) is 0 Å². The summed E-state index contributed by atoms with van der Waals surface area (Å²) in [7, 11) is -3.81. The lowest BCUT2D eigenvalue weighted by Crippen LogP contribution is -2.13. The molecule has 1 aromatic heterocycles. The summed E-state index contributed by atoms with van der Waals surface area (Å²) in [5, 5.41) is 8.11. The van der Waals surface area contributed by atoms with Crippen LogP contribution in [-0.2, 0) is 16.4 Å². The third-order valence-electron chi connectivity index (χ3n) is 3.96. The Hall–Kier alpha value is -1.66. The van der Waals surface area contributed by atoms with Crippen molar-refractivity contribution in [3.05, 3.63) is 63.8 Å². The predicted molar refractivity (Wildman–Crippen MR) is 106 cm³/mol. The molecule has 130 valence electrons. The summed E-state index contributed by atoms with van der Waals surface area (Å²) in [6, 6.07) is 14.5. The molecule has 0 saturated carbocycles. The Bertz CT molecular complexity index is 993. The second-order valence-electron chi connectivity index (χ2n) is 5.75. The average molecular weight is 392 g/mol. The van der Waals surface area contributed by atoms with Crippen molar-refractivity contribution in [2.45, 2.75) is 24.7 Å². The molecule has 0 fully saturated rings. The highest BCUT2D eigenvalue weighted by Gasteiger charge is 2.20. The average Bonchev–Trinajstić information content (AvgIpc) is 2.99. The van der Waals surface area contributed by atoms with Gasteiger partial charge in [-0.15, -0.1) is 11.3 Å². The van der Waals surface area contributed by atoms with Crippen LogP contribution in [0, 0.1) is 0 Å². The van der Waals surface area contributed by atoms with Gasteiger partial charge >= 0.3 is 0 Å². The van der Waals surface area contributed by atoms with Crippen molar-refractivity contribution in [1.82, 2.24) is 0 Å². The Morgan fingerprint density at radius 3 is 2.36 bits per heavy atom. The molecule has 2 N–H and O–H groups in total. The van der Waals surface area contributed by atoms with Crippen molar-refractivity contribution in [2.75, 3.05) is 0 Å². The molecule has 25 heavy (non-hydrogen) atoms. The molecule has 0 atom stereocenters. The molecule has 0 bridgehead atoms. The van der Waals surface area contributed by atoms with E-state index >= 15 is 0 Å². The first-order valence-corrected chi connectivity index (χ1v) is 10.7. The second kappa shape index (κ2) is 7.30. The molecule has 3 nitrogen and oxygen atoms in total. The van der Waals surface area contributed by atoms with E-state index in [-0.39, 0.29) is 4.90 Å². The summed E-state index contributed by atoms with van der Waals surface area (Å²) < 4.78 is 24.0. The fourth-order valence-corrected chi connectivity index (χ4v) is 4.93. The topological polar surface area (TPSA) is 60.2 Å². The molecule has 0 aliphatic rings. The molecular formula is C19H18ClNO2S2. The van der Waals surface area contributed by atoms with E-state index < -0.39 is 10.0 Å². The minimum absolute atomic E-state index is 0.145. The number of halogens is 1. The number of benzene rings is 2. The van der Waals surface area contributed by atoms with Crippen molar-refractivity contribution < 1.29 is 8.42 Å². The van der Waals surface area contributed by atoms with Gasteiger partial charge in [0, 0.05) is 26.6 Å². The number of aryl methyl sites for hydroxylation is 1. The zero-order chi connectivity index (χ0) is 18.0. The molecule has 0 unspecified atom stereocenters. The van der Waals surface area contributed by atoms with Crippen LogP contribution in [0.3, 0.4) is 0 Å². The van der Waals surface area contributed by atoms with Gasteiger partial charge in [0.25, 0.3) is 0 Å². The number of rotatable bonds is 5. The first-order chi connectivity index (χ1) is 11.9. The number of thiophene rings is 1. The second-order valence-corrected chi connectivity index (χ2v) is 8.68. The van der Waals surface area contributed by atoms with E-state index in [0.29, 0.717) is 10.6 Å². The number of sulfonamides is 1. The zero-order valence-electron chi connectivity index (χ0n) is 13.7. The maximum atomic E-state index is 12.0. The summed E-state index contributed by atoms with van der Waals surface area (Å²) in [6.45, 7) is 2.13. The van der Waals surface area contributed by atoms with E-state index in [2.05, 4.69) is 6.92 Å². The highest BCUT2D eigenvalue weighted by atomic mass is 35.5. The molecule has 2 aromatic carbocycles. The number of primary sulfonamides is 1. The summed E-state index contributed by atoms with van der Waals surface area (Å²) in [5.74, 6) is 0. The minimum Gasteiger partial charge on any atom is -0.225 e. The van der Waals surface area contributed by atoms with E-state index in [1.807, 2.05) is 35.7 Å². The van der Waals surface area contributed by atoms with Crippen LogP contribution < -0.4 is 5.14 Å². The van der Waals surface area contributed by atoms with Crippen LogP contribution in [-0.4, -0.2) is 8.42 Å². The van der Waals surface area contributed by atoms with Crippen LogP contribution in [0.5, 0.6) is 0 Å². The zero-order valence-corrected chi connectivity index (χ0v) is 16.1. The standard InChI is InChI=1S/C19H18ClNO2S2/c1-2-5-17-19(13-8-10-14(20)11-9-13)16(12-24-17)15-6-3-4-7-18(15)25(21,22)23/h3-4,6-12H,2,5H2,1H3,(H2,21,22,23). The van der Waals surface area contributed by atoms with Gasteiger partial charge in [-0.1, -0.05) is 55.3 Å². The highest BCUT2D eigenvalue weighted by molar-refractivity contribution is 7.89. The van der Waals surface area contributed by atoms with Gasteiger partial charge in [-0.25, -0.2) is 13.6 Å². The summed E-state index contributed by atoms with van der Waals surface area (Å²) >= 11 is 7.67. The van der Waals surface area contributed by atoms with Gasteiger partial charge in [0.1, 0.15) is 0 Å². The van der Waals surface area contributed by atoms with Crippen LogP contribution >= 0.6 is 22.9 Å². The molecule has 0 spiro atoms. The molecule has 0 aliphatic carbocycles. The van der Waals surface area contributed by atoms with Crippen molar-refractivity contribution in [3.8, 4) is 22.3 Å². The Balaban J connectivity index is 2.27. The normalized spacial score (nSPS) is 11.6. The van der Waals surface area contributed by atoms with Crippen molar-refractivity contribution >= 4 is 33.0 Å². The van der Waals surface area contributed by atoms with Crippen LogP contribution in [0.2, 0.25) is 5.02 Å². The molecular weight excluding hydrogens is 374 g/mol. The predicted octanol–water partition coefficient (Wildman–Crippen LogP) is 5.34. The van der Waals surface area contributed by atoms with Gasteiger partial charge in [-0.05, 0) is 35.6 Å². The molecule has 0 aliphatic heterocycles. The number of hydrogen-bond donors (Lipinski definition) is 1. The third-order valence-corrected chi connectivity index (χ3v) is 6.23. The van der Waals surface area contributed by atoms with E-state index in [0.717, 1.165) is 29.5 Å². The lowest BCUT2D eigenvalue weighted by molar-refractivity contribution is 0.598. The molecule has 1 heterocycles. The van der Waals surface area contributed by atoms with Crippen LogP contribution in [0.25, 0.3) is 22.3 Å². The van der Waals surface area contributed by atoms with Crippen molar-refractivity contribution in [3.63, 3.8) is 0 Å². The number of hydrogen-bond acceptors (Lipinski definition) is 3. The van der Waals surface area contributed by atoms with E-state index in [1.54, 1.807) is 29.5 Å². The Morgan fingerprint density at radius 1 is 1.04 bits per heavy atom. The summed E-state index contributed by atoms with van der Waals surface area (Å²) in [6.07, 6.45) is 1.94. The van der Waals surface area contributed by atoms with Gasteiger partial charge in [0.05, 0.1) is 4.90 Å². The van der Waals surface area contributed by atoms with Crippen molar-refractivity contribution in [2.24, 2.45) is 5.14 Å². The monoisotopic (exact) mass is 391 g/mol. The number of nitrogens with two attached hydrogens (primary N) is 1. The van der Waals surface area contributed by atoms with E-state index in [1.165, 1.54) is 4.88 Å². The highest BCUT2D eigenvalue weighted by Crippen LogP contribution is 2.42. The van der Waals surface area contributed by atoms with Gasteiger partial charge in [-0.3, -0.25) is 0 Å². The Labute approximate surface area is 157 Å². The maximum absolute atomic E-state index is 12.0. The molecule has 0 amide bonds. The van der Waals surface area contributed by atoms with Gasteiger partial charge < -0.3 is 0 Å². The first kappa shape index (κ1) is 18.1. The third kappa shape index (κ3) is 3.80. The molecule has 6 heteroatoms.